The summed E-state index contributed by atoms with van der Waals surface area (Å²) in [6.45, 7) is 2.17. The van der Waals surface area contributed by atoms with Gasteiger partial charge in [0, 0.05) is 12.4 Å². The first-order valence-corrected chi connectivity index (χ1v) is 7.54. The van der Waals surface area contributed by atoms with E-state index in [-0.39, 0.29) is 0 Å². The summed E-state index contributed by atoms with van der Waals surface area (Å²) in [6.07, 6.45) is 1.14. The van der Waals surface area contributed by atoms with E-state index in [0.717, 1.165) is 8.68 Å². The molecule has 0 amide bonds. The van der Waals surface area contributed by atoms with E-state index in [2.05, 4.69) is 10.2 Å². The summed E-state index contributed by atoms with van der Waals surface area (Å²) >= 11 is 4.34. The SMILES string of the molecule is CCOC(CSc1nnc(SC)s1)C(=O)O. The van der Waals surface area contributed by atoms with Crippen LogP contribution in [0.1, 0.15) is 6.92 Å². The van der Waals surface area contributed by atoms with Crippen LogP contribution in [0.25, 0.3) is 0 Å². The Hall–Kier alpha value is -0.310. The molecule has 0 spiro atoms. The van der Waals surface area contributed by atoms with E-state index < -0.39 is 12.1 Å². The number of rotatable bonds is 7. The maximum atomic E-state index is 10.8. The normalized spacial score (nSPS) is 12.6. The molecule has 90 valence electrons. The molecule has 1 unspecified atom stereocenters. The van der Waals surface area contributed by atoms with E-state index in [1.807, 2.05) is 6.26 Å². The second-order valence-electron chi connectivity index (χ2n) is 2.63. The molecule has 0 bridgehead atoms. The monoisotopic (exact) mass is 280 g/mol. The molecule has 1 aromatic heterocycles. The number of ether oxygens (including phenoxy) is 1. The van der Waals surface area contributed by atoms with Crippen molar-refractivity contribution in [1.29, 1.82) is 0 Å². The molecule has 1 aromatic rings. The summed E-state index contributed by atoms with van der Waals surface area (Å²) in [5.41, 5.74) is 0. The molecule has 5 nitrogen and oxygen atoms in total. The van der Waals surface area contributed by atoms with Gasteiger partial charge in [-0.05, 0) is 13.2 Å². The van der Waals surface area contributed by atoms with Crippen molar-refractivity contribution in [3.8, 4) is 0 Å². The predicted molar refractivity (Wildman–Crippen MR) is 65.5 cm³/mol. The minimum atomic E-state index is -0.941. The third-order valence-electron chi connectivity index (χ3n) is 1.56. The smallest absolute Gasteiger partial charge is 0.333 e. The average Bonchev–Trinajstić information content (AvgIpc) is 2.71. The van der Waals surface area contributed by atoms with Crippen molar-refractivity contribution in [2.45, 2.75) is 21.7 Å². The maximum Gasteiger partial charge on any atom is 0.333 e. The Kier molecular flexibility index (Phi) is 6.10. The van der Waals surface area contributed by atoms with Crippen LogP contribution in [0.15, 0.2) is 8.68 Å². The van der Waals surface area contributed by atoms with Gasteiger partial charge in [0.25, 0.3) is 0 Å². The molecule has 16 heavy (non-hydrogen) atoms. The number of aliphatic carboxylic acids is 1. The van der Waals surface area contributed by atoms with Gasteiger partial charge in [-0.15, -0.1) is 10.2 Å². The zero-order valence-electron chi connectivity index (χ0n) is 8.87. The largest absolute Gasteiger partial charge is 0.479 e. The lowest BCUT2D eigenvalue weighted by atomic mass is 10.4. The Balaban J connectivity index is 2.45. The fraction of sp³-hybridized carbons (Fsp3) is 0.625. The van der Waals surface area contributed by atoms with Crippen LogP contribution >= 0.6 is 34.9 Å². The number of carboxylic acid groups (broad SMARTS) is 1. The quantitative estimate of drug-likeness (QED) is 0.764. The Morgan fingerprint density at radius 1 is 1.56 bits per heavy atom. The van der Waals surface area contributed by atoms with Gasteiger partial charge in [0.2, 0.25) is 0 Å². The molecule has 0 aliphatic rings. The summed E-state index contributed by atoms with van der Waals surface area (Å²) < 4.78 is 6.74. The molecule has 0 radical (unpaired) electrons. The Bertz CT molecular complexity index is 345. The first kappa shape index (κ1) is 13.8. The van der Waals surface area contributed by atoms with Gasteiger partial charge in [0.15, 0.2) is 14.8 Å². The highest BCUT2D eigenvalue weighted by molar-refractivity contribution is 8.03. The summed E-state index contributed by atoms with van der Waals surface area (Å²) in [5.74, 6) is -0.587. The number of thioether (sulfide) groups is 2. The van der Waals surface area contributed by atoms with Gasteiger partial charge in [-0.25, -0.2) is 4.79 Å². The molecule has 1 N–H and O–H groups in total. The maximum absolute atomic E-state index is 10.8. The molecular formula is C8H12N2O3S3. The third-order valence-corrected chi connectivity index (χ3v) is 4.66. The standard InChI is InChI=1S/C8H12N2O3S3/c1-3-13-5(6(11)12)4-15-8-10-9-7(14-2)16-8/h5H,3-4H2,1-2H3,(H,11,12). The number of nitrogens with zero attached hydrogens (tertiary/aromatic N) is 2. The van der Waals surface area contributed by atoms with Crippen LogP contribution in [0.4, 0.5) is 0 Å². The van der Waals surface area contributed by atoms with Crippen molar-refractivity contribution in [2.24, 2.45) is 0 Å². The van der Waals surface area contributed by atoms with Crippen LogP contribution in [0.5, 0.6) is 0 Å². The lowest BCUT2D eigenvalue weighted by Gasteiger charge is -2.09. The molecule has 0 saturated carbocycles. The molecule has 0 fully saturated rings. The van der Waals surface area contributed by atoms with Gasteiger partial charge in [0.05, 0.1) is 0 Å². The third kappa shape index (κ3) is 4.28. The van der Waals surface area contributed by atoms with Gasteiger partial charge in [-0.3, -0.25) is 0 Å². The van der Waals surface area contributed by atoms with Gasteiger partial charge in [-0.2, -0.15) is 0 Å². The molecule has 1 atom stereocenters. The van der Waals surface area contributed by atoms with Crippen molar-refractivity contribution in [2.75, 3.05) is 18.6 Å². The minimum absolute atomic E-state index is 0.353. The molecule has 0 aliphatic carbocycles. The zero-order chi connectivity index (χ0) is 12.0. The molecular weight excluding hydrogens is 268 g/mol. The summed E-state index contributed by atoms with van der Waals surface area (Å²) in [6, 6.07) is 0. The highest BCUT2D eigenvalue weighted by Crippen LogP contribution is 2.27. The van der Waals surface area contributed by atoms with Gasteiger partial charge >= 0.3 is 5.97 Å². The van der Waals surface area contributed by atoms with Crippen molar-refractivity contribution < 1.29 is 14.6 Å². The highest BCUT2D eigenvalue weighted by atomic mass is 32.2. The van der Waals surface area contributed by atoms with Crippen LogP contribution in [-0.2, 0) is 9.53 Å². The summed E-state index contributed by atoms with van der Waals surface area (Å²) in [4.78, 5) is 10.8. The van der Waals surface area contributed by atoms with E-state index >= 15 is 0 Å². The molecule has 0 aliphatic heterocycles. The Morgan fingerprint density at radius 2 is 2.25 bits per heavy atom. The number of hydrogen-bond donors (Lipinski definition) is 1. The minimum Gasteiger partial charge on any atom is -0.479 e. The molecule has 0 aromatic carbocycles. The predicted octanol–water partition coefficient (Wildman–Crippen LogP) is 1.84. The highest BCUT2D eigenvalue weighted by Gasteiger charge is 2.18. The lowest BCUT2D eigenvalue weighted by Crippen LogP contribution is -2.26. The average molecular weight is 280 g/mol. The second kappa shape index (κ2) is 7.10. The topological polar surface area (TPSA) is 72.3 Å². The van der Waals surface area contributed by atoms with E-state index in [1.165, 1.54) is 34.9 Å². The Morgan fingerprint density at radius 3 is 2.75 bits per heavy atom. The second-order valence-corrected chi connectivity index (χ2v) is 5.93. The molecule has 0 saturated heterocycles. The van der Waals surface area contributed by atoms with Gasteiger partial charge in [0.1, 0.15) is 0 Å². The first-order chi connectivity index (χ1) is 7.67. The van der Waals surface area contributed by atoms with Crippen molar-refractivity contribution in [3.05, 3.63) is 0 Å². The van der Waals surface area contributed by atoms with Crippen LogP contribution in [0.3, 0.4) is 0 Å². The van der Waals surface area contributed by atoms with E-state index in [9.17, 15) is 4.79 Å². The van der Waals surface area contributed by atoms with Crippen molar-refractivity contribution in [1.82, 2.24) is 10.2 Å². The van der Waals surface area contributed by atoms with E-state index in [1.54, 1.807) is 6.92 Å². The number of carbonyl (C=O) groups is 1. The first-order valence-electron chi connectivity index (χ1n) is 4.52. The summed E-state index contributed by atoms with van der Waals surface area (Å²) in [7, 11) is 0. The van der Waals surface area contributed by atoms with Crippen LogP contribution in [-0.4, -0.2) is 46.0 Å². The van der Waals surface area contributed by atoms with Crippen LogP contribution < -0.4 is 0 Å². The fourth-order valence-corrected chi connectivity index (χ4v) is 3.35. The molecule has 1 heterocycles. The summed E-state index contributed by atoms with van der Waals surface area (Å²) in [5, 5.41) is 16.7. The van der Waals surface area contributed by atoms with Gasteiger partial charge in [-0.1, -0.05) is 34.9 Å². The number of aromatic nitrogens is 2. The van der Waals surface area contributed by atoms with Crippen LogP contribution in [0.2, 0.25) is 0 Å². The number of hydrogen-bond acceptors (Lipinski definition) is 7. The van der Waals surface area contributed by atoms with E-state index in [0.29, 0.717) is 12.4 Å². The van der Waals surface area contributed by atoms with Crippen molar-refractivity contribution in [3.63, 3.8) is 0 Å². The molecule has 1 rings (SSSR count). The van der Waals surface area contributed by atoms with E-state index in [4.69, 9.17) is 9.84 Å². The lowest BCUT2D eigenvalue weighted by molar-refractivity contribution is -0.148. The fourth-order valence-electron chi connectivity index (χ4n) is 0.877. The molecule has 8 heteroatoms. The van der Waals surface area contributed by atoms with Crippen molar-refractivity contribution >= 4 is 40.8 Å². The zero-order valence-corrected chi connectivity index (χ0v) is 11.3. The Labute approximate surface area is 106 Å². The van der Waals surface area contributed by atoms with Crippen LogP contribution in [0, 0.1) is 0 Å². The van der Waals surface area contributed by atoms with Gasteiger partial charge < -0.3 is 9.84 Å². The number of carboxylic acids is 1.